The molecule has 8 nitrogen and oxygen atoms in total. The van der Waals surface area contributed by atoms with E-state index in [1.807, 2.05) is 31.2 Å². The fourth-order valence-electron chi connectivity index (χ4n) is 1.71. The summed E-state index contributed by atoms with van der Waals surface area (Å²) in [5.41, 5.74) is 1.98. The molecule has 2 aromatic rings. The van der Waals surface area contributed by atoms with Crippen molar-refractivity contribution >= 4 is 11.9 Å². The number of rotatable bonds is 6. The minimum Gasteiger partial charge on any atom is -0.466 e. The average molecular weight is 315 g/mol. The third kappa shape index (κ3) is 5.03. The fraction of sp³-hybridized carbons (Fsp3) is 0.267. The lowest BCUT2D eigenvalue weighted by Gasteiger charge is -2.00. The lowest BCUT2D eigenvalue weighted by molar-refractivity contribution is -0.134. The summed E-state index contributed by atoms with van der Waals surface area (Å²) in [4.78, 5) is 23.8. The number of tetrazole rings is 1. The van der Waals surface area contributed by atoms with Crippen LogP contribution in [0.15, 0.2) is 36.4 Å². The van der Waals surface area contributed by atoms with Gasteiger partial charge in [-0.2, -0.15) is 4.80 Å². The lowest BCUT2D eigenvalue weighted by Crippen LogP contribution is -2.28. The molecule has 0 saturated carbocycles. The summed E-state index contributed by atoms with van der Waals surface area (Å²) in [6, 6.07) is 7.70. The standard InChI is InChI=1S/C15H17N5O3/c1-11-5-7-12(8-6-11)15-17-19-20(18-15)10-13(21)16-9-3-4-14(22)23-2/h3-8H,9-10H2,1-2H3,(H,16,21)/b4-3+. The number of aryl methyl sites for hydroxylation is 1. The maximum atomic E-state index is 11.7. The van der Waals surface area contributed by atoms with E-state index in [9.17, 15) is 9.59 Å². The van der Waals surface area contributed by atoms with Gasteiger partial charge in [0, 0.05) is 18.2 Å². The number of aromatic nitrogens is 4. The number of carbonyl (C=O) groups is 2. The van der Waals surface area contributed by atoms with Crippen LogP contribution in [-0.2, 0) is 20.9 Å². The molecule has 0 radical (unpaired) electrons. The molecule has 1 aromatic carbocycles. The summed E-state index contributed by atoms with van der Waals surface area (Å²) in [7, 11) is 1.28. The van der Waals surface area contributed by atoms with E-state index in [1.165, 1.54) is 24.1 Å². The molecule has 23 heavy (non-hydrogen) atoms. The van der Waals surface area contributed by atoms with Gasteiger partial charge in [0.2, 0.25) is 11.7 Å². The maximum absolute atomic E-state index is 11.7. The van der Waals surface area contributed by atoms with Crippen molar-refractivity contribution in [3.63, 3.8) is 0 Å². The molecule has 1 N–H and O–H groups in total. The number of hydrogen-bond donors (Lipinski definition) is 1. The van der Waals surface area contributed by atoms with Crippen LogP contribution in [0, 0.1) is 6.92 Å². The second-order valence-electron chi connectivity index (χ2n) is 4.74. The number of esters is 1. The molecule has 8 heteroatoms. The Bertz CT molecular complexity index is 706. The number of carbonyl (C=O) groups excluding carboxylic acids is 2. The Kier molecular flexibility index (Phi) is 5.56. The van der Waals surface area contributed by atoms with E-state index in [0.29, 0.717) is 5.82 Å². The Balaban J connectivity index is 1.86. The molecule has 120 valence electrons. The number of nitrogens with zero attached hydrogens (tertiary/aromatic N) is 4. The third-order valence-corrected chi connectivity index (χ3v) is 2.92. The quantitative estimate of drug-likeness (QED) is 0.615. The molecule has 1 heterocycles. The SMILES string of the molecule is COC(=O)/C=C/CNC(=O)Cn1nnc(-c2ccc(C)cc2)n1. The molecule has 1 aromatic heterocycles. The molecule has 2 rings (SSSR count). The van der Waals surface area contributed by atoms with Gasteiger partial charge < -0.3 is 10.1 Å². The van der Waals surface area contributed by atoms with Gasteiger partial charge in [0.15, 0.2) is 0 Å². The summed E-state index contributed by atoms with van der Waals surface area (Å²) in [6.45, 7) is 2.16. The van der Waals surface area contributed by atoms with E-state index in [1.54, 1.807) is 0 Å². The Hall–Kier alpha value is -3.03. The number of amides is 1. The first-order valence-corrected chi connectivity index (χ1v) is 6.94. The van der Waals surface area contributed by atoms with Crippen LogP contribution in [0.1, 0.15) is 5.56 Å². The van der Waals surface area contributed by atoms with Gasteiger partial charge in [-0.1, -0.05) is 35.9 Å². The molecule has 0 spiro atoms. The Morgan fingerprint density at radius 1 is 1.30 bits per heavy atom. The lowest BCUT2D eigenvalue weighted by atomic mass is 10.1. The Labute approximate surface area is 133 Å². The van der Waals surface area contributed by atoms with Crippen molar-refractivity contribution < 1.29 is 14.3 Å². The van der Waals surface area contributed by atoms with Crippen LogP contribution in [0.3, 0.4) is 0 Å². The Morgan fingerprint density at radius 2 is 2.04 bits per heavy atom. The zero-order chi connectivity index (χ0) is 16.7. The second kappa shape index (κ2) is 7.83. The van der Waals surface area contributed by atoms with Gasteiger partial charge in [0.05, 0.1) is 7.11 Å². The normalized spacial score (nSPS) is 10.7. The van der Waals surface area contributed by atoms with Gasteiger partial charge in [0.25, 0.3) is 0 Å². The van der Waals surface area contributed by atoms with Crippen molar-refractivity contribution in [3.8, 4) is 11.4 Å². The summed E-state index contributed by atoms with van der Waals surface area (Å²) in [6.07, 6.45) is 2.74. The van der Waals surface area contributed by atoms with Crippen LogP contribution in [0.4, 0.5) is 0 Å². The number of methoxy groups -OCH3 is 1. The molecular formula is C15H17N5O3. The van der Waals surface area contributed by atoms with E-state index in [-0.39, 0.29) is 19.0 Å². The van der Waals surface area contributed by atoms with Gasteiger partial charge in [-0.15, -0.1) is 10.2 Å². The minimum absolute atomic E-state index is 0.0507. The van der Waals surface area contributed by atoms with Crippen LogP contribution in [0.25, 0.3) is 11.4 Å². The van der Waals surface area contributed by atoms with Crippen molar-refractivity contribution in [2.45, 2.75) is 13.5 Å². The summed E-state index contributed by atoms with van der Waals surface area (Å²) in [5.74, 6) is -0.296. The zero-order valence-corrected chi connectivity index (χ0v) is 12.9. The highest BCUT2D eigenvalue weighted by molar-refractivity contribution is 5.82. The summed E-state index contributed by atoms with van der Waals surface area (Å²) in [5, 5.41) is 14.5. The maximum Gasteiger partial charge on any atom is 0.330 e. The summed E-state index contributed by atoms with van der Waals surface area (Å²) >= 11 is 0. The predicted octanol–water partition coefficient (Wildman–Crippen LogP) is 0.494. The number of benzene rings is 1. The highest BCUT2D eigenvalue weighted by atomic mass is 16.5. The second-order valence-corrected chi connectivity index (χ2v) is 4.74. The van der Waals surface area contributed by atoms with Crippen LogP contribution in [0.5, 0.6) is 0 Å². The first-order chi connectivity index (χ1) is 11.1. The van der Waals surface area contributed by atoms with E-state index in [2.05, 4.69) is 25.5 Å². The monoisotopic (exact) mass is 315 g/mol. The van der Waals surface area contributed by atoms with E-state index >= 15 is 0 Å². The molecule has 0 aliphatic carbocycles. The molecule has 0 aliphatic rings. The van der Waals surface area contributed by atoms with Gasteiger partial charge in [0.1, 0.15) is 6.54 Å². The first-order valence-electron chi connectivity index (χ1n) is 6.94. The van der Waals surface area contributed by atoms with Crippen molar-refractivity contribution in [2.75, 3.05) is 13.7 Å². The largest absolute Gasteiger partial charge is 0.466 e. The predicted molar refractivity (Wildman–Crippen MR) is 82.2 cm³/mol. The topological polar surface area (TPSA) is 99.0 Å². The first kappa shape index (κ1) is 16.3. The van der Waals surface area contributed by atoms with E-state index < -0.39 is 5.97 Å². The zero-order valence-electron chi connectivity index (χ0n) is 12.9. The van der Waals surface area contributed by atoms with Gasteiger partial charge in [-0.3, -0.25) is 4.79 Å². The summed E-state index contributed by atoms with van der Waals surface area (Å²) < 4.78 is 4.43. The Morgan fingerprint density at radius 3 is 2.74 bits per heavy atom. The molecule has 0 aliphatic heterocycles. The van der Waals surface area contributed by atoms with Crippen LogP contribution in [0.2, 0.25) is 0 Å². The van der Waals surface area contributed by atoms with Crippen LogP contribution < -0.4 is 5.32 Å². The van der Waals surface area contributed by atoms with E-state index in [0.717, 1.165) is 11.1 Å². The van der Waals surface area contributed by atoms with Gasteiger partial charge in [-0.05, 0) is 12.1 Å². The van der Waals surface area contributed by atoms with Crippen molar-refractivity contribution in [1.29, 1.82) is 0 Å². The molecule has 0 fully saturated rings. The minimum atomic E-state index is -0.472. The molecule has 1 amide bonds. The van der Waals surface area contributed by atoms with Gasteiger partial charge >= 0.3 is 5.97 Å². The average Bonchev–Trinajstić information content (AvgIpc) is 3.00. The third-order valence-electron chi connectivity index (χ3n) is 2.92. The van der Waals surface area contributed by atoms with Crippen LogP contribution >= 0.6 is 0 Å². The highest BCUT2D eigenvalue weighted by Gasteiger charge is 2.08. The van der Waals surface area contributed by atoms with Crippen molar-refractivity contribution in [3.05, 3.63) is 42.0 Å². The molecule has 0 bridgehead atoms. The number of ether oxygens (including phenoxy) is 1. The molecular weight excluding hydrogens is 298 g/mol. The van der Waals surface area contributed by atoms with Crippen LogP contribution in [-0.4, -0.2) is 45.7 Å². The molecule has 0 saturated heterocycles. The molecule has 0 atom stereocenters. The van der Waals surface area contributed by atoms with Crippen molar-refractivity contribution in [2.24, 2.45) is 0 Å². The van der Waals surface area contributed by atoms with E-state index in [4.69, 9.17) is 0 Å². The van der Waals surface area contributed by atoms with Crippen molar-refractivity contribution in [1.82, 2.24) is 25.5 Å². The highest BCUT2D eigenvalue weighted by Crippen LogP contribution is 2.13. The number of nitrogens with one attached hydrogen (secondary N) is 1. The smallest absolute Gasteiger partial charge is 0.330 e. The fourth-order valence-corrected chi connectivity index (χ4v) is 1.71. The number of hydrogen-bond acceptors (Lipinski definition) is 6. The molecule has 0 unspecified atom stereocenters. The van der Waals surface area contributed by atoms with Gasteiger partial charge in [-0.25, -0.2) is 4.79 Å².